The number of hydrogen-bond donors (Lipinski definition) is 1. The van der Waals surface area contributed by atoms with Crippen LogP contribution in [0.5, 0.6) is 0 Å². The van der Waals surface area contributed by atoms with Crippen LogP contribution in [0.4, 0.5) is 0 Å². The lowest BCUT2D eigenvalue weighted by Crippen LogP contribution is -2.45. The number of nitrogens with two attached hydrogens (primary N) is 1. The molecule has 0 spiro atoms. The highest BCUT2D eigenvalue weighted by molar-refractivity contribution is 4.88. The van der Waals surface area contributed by atoms with Crippen LogP contribution in [0.15, 0.2) is 0 Å². The molecule has 3 heteroatoms. The number of hydrogen-bond acceptors (Lipinski definition) is 3. The van der Waals surface area contributed by atoms with E-state index in [2.05, 4.69) is 4.90 Å². The molecule has 1 aliphatic heterocycles. The van der Waals surface area contributed by atoms with Crippen LogP contribution in [0.3, 0.4) is 0 Å². The van der Waals surface area contributed by atoms with Crippen molar-refractivity contribution in [3.8, 4) is 0 Å². The first kappa shape index (κ1) is 9.44. The fourth-order valence-corrected chi connectivity index (χ4v) is 2.52. The second-order valence-electron chi connectivity index (χ2n) is 4.16. The first-order chi connectivity index (χ1) is 6.38. The van der Waals surface area contributed by atoms with Crippen molar-refractivity contribution in [2.75, 3.05) is 26.3 Å². The summed E-state index contributed by atoms with van der Waals surface area (Å²) in [7, 11) is 0. The van der Waals surface area contributed by atoms with E-state index in [1.807, 2.05) is 0 Å². The lowest BCUT2D eigenvalue weighted by molar-refractivity contribution is 0.129. The molecule has 2 aliphatic rings. The van der Waals surface area contributed by atoms with Crippen molar-refractivity contribution in [1.82, 2.24) is 4.90 Å². The Labute approximate surface area is 80.2 Å². The Bertz CT molecular complexity index is 155. The van der Waals surface area contributed by atoms with Crippen molar-refractivity contribution >= 4 is 0 Å². The van der Waals surface area contributed by atoms with Gasteiger partial charge in [-0.3, -0.25) is 4.90 Å². The highest BCUT2D eigenvalue weighted by Crippen LogP contribution is 2.23. The Hall–Kier alpha value is -0.120. The van der Waals surface area contributed by atoms with E-state index in [0.29, 0.717) is 12.1 Å². The molecule has 2 fully saturated rings. The van der Waals surface area contributed by atoms with Crippen molar-refractivity contribution in [3.05, 3.63) is 0 Å². The van der Waals surface area contributed by atoms with E-state index < -0.39 is 0 Å². The molecular weight excluding hydrogens is 164 g/mol. The minimum absolute atomic E-state index is 0.415. The average molecular weight is 184 g/mol. The van der Waals surface area contributed by atoms with Gasteiger partial charge in [-0.2, -0.15) is 0 Å². The maximum atomic E-state index is 6.08. The largest absolute Gasteiger partial charge is 0.380 e. The molecule has 13 heavy (non-hydrogen) atoms. The molecule has 2 N–H and O–H groups in total. The van der Waals surface area contributed by atoms with E-state index in [4.69, 9.17) is 10.5 Å². The standard InChI is InChI=1S/C10H20N2O/c11-9-3-1-4-10(9)12-5-2-7-13-8-6-12/h9-10H,1-8,11H2. The van der Waals surface area contributed by atoms with Crippen molar-refractivity contribution in [3.63, 3.8) is 0 Å². The average Bonchev–Trinajstić information content (AvgIpc) is 2.43. The molecule has 1 aliphatic carbocycles. The summed E-state index contributed by atoms with van der Waals surface area (Å²) in [5.41, 5.74) is 6.08. The van der Waals surface area contributed by atoms with E-state index in [9.17, 15) is 0 Å². The summed E-state index contributed by atoms with van der Waals surface area (Å²) in [6.07, 6.45) is 4.98. The number of rotatable bonds is 1. The zero-order chi connectivity index (χ0) is 9.10. The van der Waals surface area contributed by atoms with E-state index in [1.54, 1.807) is 0 Å². The fourth-order valence-electron chi connectivity index (χ4n) is 2.52. The lowest BCUT2D eigenvalue weighted by Gasteiger charge is -2.29. The predicted octanol–water partition coefficient (Wildman–Crippen LogP) is 0.588. The van der Waals surface area contributed by atoms with Gasteiger partial charge in [0.2, 0.25) is 0 Å². The monoisotopic (exact) mass is 184 g/mol. The molecule has 2 unspecified atom stereocenters. The summed E-state index contributed by atoms with van der Waals surface area (Å²) in [6, 6.07) is 1.06. The van der Waals surface area contributed by atoms with Crippen LogP contribution in [0.1, 0.15) is 25.7 Å². The summed E-state index contributed by atoms with van der Waals surface area (Å²) < 4.78 is 5.44. The normalized spacial score (nSPS) is 37.6. The summed E-state index contributed by atoms with van der Waals surface area (Å²) in [4.78, 5) is 2.53. The van der Waals surface area contributed by atoms with Gasteiger partial charge in [0.15, 0.2) is 0 Å². The molecule has 1 heterocycles. The van der Waals surface area contributed by atoms with Gasteiger partial charge in [0.25, 0.3) is 0 Å². The molecule has 2 rings (SSSR count). The van der Waals surface area contributed by atoms with Crippen molar-refractivity contribution in [1.29, 1.82) is 0 Å². The molecule has 0 aromatic carbocycles. The summed E-state index contributed by atoms with van der Waals surface area (Å²) >= 11 is 0. The van der Waals surface area contributed by atoms with E-state index in [1.165, 1.54) is 32.2 Å². The van der Waals surface area contributed by atoms with Gasteiger partial charge in [-0.05, 0) is 19.3 Å². The van der Waals surface area contributed by atoms with Crippen molar-refractivity contribution < 1.29 is 4.74 Å². The quantitative estimate of drug-likeness (QED) is 0.648. The van der Waals surface area contributed by atoms with Crippen molar-refractivity contribution in [2.24, 2.45) is 5.73 Å². The first-order valence-corrected chi connectivity index (χ1v) is 5.45. The topological polar surface area (TPSA) is 38.5 Å². The van der Waals surface area contributed by atoms with E-state index >= 15 is 0 Å². The Kier molecular flexibility index (Phi) is 3.19. The molecule has 1 saturated heterocycles. The van der Waals surface area contributed by atoms with Gasteiger partial charge in [-0.15, -0.1) is 0 Å². The van der Waals surface area contributed by atoms with Crippen molar-refractivity contribution in [2.45, 2.75) is 37.8 Å². The van der Waals surface area contributed by atoms with Gasteiger partial charge in [0.05, 0.1) is 6.61 Å². The summed E-state index contributed by atoms with van der Waals surface area (Å²) in [5, 5.41) is 0. The zero-order valence-corrected chi connectivity index (χ0v) is 8.24. The third-order valence-corrected chi connectivity index (χ3v) is 3.26. The minimum Gasteiger partial charge on any atom is -0.380 e. The predicted molar refractivity (Wildman–Crippen MR) is 52.6 cm³/mol. The van der Waals surface area contributed by atoms with Crippen LogP contribution in [0.2, 0.25) is 0 Å². The van der Waals surface area contributed by atoms with Gasteiger partial charge in [0.1, 0.15) is 0 Å². The molecule has 0 aromatic rings. The molecule has 0 aromatic heterocycles. The molecule has 0 radical (unpaired) electrons. The van der Waals surface area contributed by atoms with Gasteiger partial charge < -0.3 is 10.5 Å². The molecular formula is C10H20N2O. The highest BCUT2D eigenvalue weighted by Gasteiger charge is 2.29. The summed E-state index contributed by atoms with van der Waals surface area (Å²) in [5.74, 6) is 0. The Balaban J connectivity index is 1.89. The number of ether oxygens (including phenoxy) is 1. The Morgan fingerprint density at radius 1 is 1.08 bits per heavy atom. The van der Waals surface area contributed by atoms with Crippen LogP contribution in [-0.4, -0.2) is 43.3 Å². The SMILES string of the molecule is NC1CCCC1N1CCCOCC1. The van der Waals surface area contributed by atoms with Crippen LogP contribution in [-0.2, 0) is 4.74 Å². The minimum atomic E-state index is 0.415. The van der Waals surface area contributed by atoms with Gasteiger partial charge in [0, 0.05) is 31.8 Å². The number of nitrogens with zero attached hydrogens (tertiary/aromatic N) is 1. The fraction of sp³-hybridized carbons (Fsp3) is 1.00. The smallest absolute Gasteiger partial charge is 0.0593 e. The highest BCUT2D eigenvalue weighted by atomic mass is 16.5. The van der Waals surface area contributed by atoms with Gasteiger partial charge >= 0.3 is 0 Å². The lowest BCUT2D eigenvalue weighted by atomic mass is 10.1. The van der Waals surface area contributed by atoms with Crippen LogP contribution in [0.25, 0.3) is 0 Å². The zero-order valence-electron chi connectivity index (χ0n) is 8.24. The molecule has 1 saturated carbocycles. The molecule has 2 atom stereocenters. The molecule has 3 nitrogen and oxygen atoms in total. The maximum absolute atomic E-state index is 6.08. The second-order valence-corrected chi connectivity index (χ2v) is 4.16. The maximum Gasteiger partial charge on any atom is 0.0593 e. The third-order valence-electron chi connectivity index (χ3n) is 3.26. The molecule has 0 amide bonds. The van der Waals surface area contributed by atoms with Crippen LogP contribution in [0, 0.1) is 0 Å². The third kappa shape index (κ3) is 2.22. The Morgan fingerprint density at radius 3 is 2.77 bits per heavy atom. The van der Waals surface area contributed by atoms with Crippen LogP contribution < -0.4 is 5.73 Å². The Morgan fingerprint density at radius 2 is 2.00 bits per heavy atom. The molecule has 76 valence electrons. The van der Waals surface area contributed by atoms with Gasteiger partial charge in [-0.25, -0.2) is 0 Å². The van der Waals surface area contributed by atoms with E-state index in [0.717, 1.165) is 19.8 Å². The van der Waals surface area contributed by atoms with Crippen LogP contribution >= 0.6 is 0 Å². The van der Waals surface area contributed by atoms with E-state index in [-0.39, 0.29) is 0 Å². The van der Waals surface area contributed by atoms with Gasteiger partial charge in [-0.1, -0.05) is 6.42 Å². The second kappa shape index (κ2) is 4.40. The molecule has 0 bridgehead atoms. The summed E-state index contributed by atoms with van der Waals surface area (Å²) in [6.45, 7) is 4.08. The first-order valence-electron chi connectivity index (χ1n) is 5.45.